The van der Waals surface area contributed by atoms with E-state index in [9.17, 15) is 14.4 Å². The molecule has 0 saturated carbocycles. The minimum absolute atomic E-state index is 0.0503. The second-order valence-electron chi connectivity index (χ2n) is 8.43. The fourth-order valence-electron chi connectivity index (χ4n) is 3.75. The number of fused-ring (bicyclic) bond motifs is 1. The Labute approximate surface area is 164 Å². The fourth-order valence-corrected chi connectivity index (χ4v) is 3.75. The molecule has 1 aromatic heterocycles. The summed E-state index contributed by atoms with van der Waals surface area (Å²) in [5.74, 6) is -0.831. The highest BCUT2D eigenvalue weighted by atomic mass is 16.2. The molecule has 0 spiro atoms. The first kappa shape index (κ1) is 18.3. The molecule has 1 fully saturated rings. The Morgan fingerprint density at radius 3 is 2.61 bits per heavy atom. The Hall–Kier alpha value is -3.02. The molecule has 1 atom stereocenters. The predicted molar refractivity (Wildman–Crippen MR) is 104 cm³/mol. The SMILES string of the molecule is CC(C)(C)c1cccc(-c2ccc3c(c2)CN(C2CCC(=O)NC2=O)C3=O)n1. The fraction of sp³-hybridized carbons (Fsp3) is 0.364. The molecule has 1 N–H and O–H groups in total. The minimum Gasteiger partial charge on any atom is -0.322 e. The molecular weight excluding hydrogens is 354 g/mol. The molecule has 28 heavy (non-hydrogen) atoms. The van der Waals surface area contributed by atoms with Gasteiger partial charge in [0.25, 0.3) is 5.91 Å². The summed E-state index contributed by atoms with van der Waals surface area (Å²) in [4.78, 5) is 42.7. The lowest BCUT2D eigenvalue weighted by molar-refractivity contribution is -0.136. The van der Waals surface area contributed by atoms with Crippen LogP contribution in [0.5, 0.6) is 0 Å². The third-order valence-corrected chi connectivity index (χ3v) is 5.34. The number of carbonyl (C=O) groups is 3. The molecular formula is C22H23N3O3. The van der Waals surface area contributed by atoms with Crippen LogP contribution in [0.4, 0.5) is 0 Å². The Bertz CT molecular complexity index is 991. The predicted octanol–water partition coefficient (Wildman–Crippen LogP) is 2.81. The zero-order chi connectivity index (χ0) is 20.1. The van der Waals surface area contributed by atoms with Gasteiger partial charge < -0.3 is 4.90 Å². The number of nitrogens with zero attached hydrogens (tertiary/aromatic N) is 2. The van der Waals surface area contributed by atoms with Crippen molar-refractivity contribution in [1.29, 1.82) is 0 Å². The van der Waals surface area contributed by atoms with Crippen LogP contribution in [0.2, 0.25) is 0 Å². The summed E-state index contributed by atoms with van der Waals surface area (Å²) >= 11 is 0. The molecule has 3 amide bonds. The minimum atomic E-state index is -0.594. The third kappa shape index (κ3) is 3.19. The summed E-state index contributed by atoms with van der Waals surface area (Å²) in [6.45, 7) is 6.74. The van der Waals surface area contributed by atoms with Crippen LogP contribution in [0.15, 0.2) is 36.4 Å². The molecule has 2 aliphatic heterocycles. The van der Waals surface area contributed by atoms with E-state index in [2.05, 4.69) is 26.1 Å². The number of hydrogen-bond acceptors (Lipinski definition) is 4. The summed E-state index contributed by atoms with van der Waals surface area (Å²) in [7, 11) is 0. The summed E-state index contributed by atoms with van der Waals surface area (Å²) < 4.78 is 0. The van der Waals surface area contributed by atoms with Crippen molar-refractivity contribution < 1.29 is 14.4 Å². The second kappa shape index (κ2) is 6.55. The number of aromatic nitrogens is 1. The number of rotatable bonds is 2. The number of piperidine rings is 1. The molecule has 0 aliphatic carbocycles. The first-order chi connectivity index (χ1) is 13.2. The van der Waals surface area contributed by atoms with E-state index in [1.165, 1.54) is 0 Å². The van der Waals surface area contributed by atoms with Gasteiger partial charge >= 0.3 is 0 Å². The zero-order valence-electron chi connectivity index (χ0n) is 16.3. The van der Waals surface area contributed by atoms with Crippen LogP contribution in [0.3, 0.4) is 0 Å². The first-order valence-corrected chi connectivity index (χ1v) is 9.49. The number of imide groups is 1. The Morgan fingerprint density at radius 1 is 1.11 bits per heavy atom. The summed E-state index contributed by atoms with van der Waals surface area (Å²) in [5, 5.41) is 2.33. The Kier molecular flexibility index (Phi) is 4.29. The standard InChI is InChI=1S/C22H23N3O3/c1-22(2,3)18-6-4-5-16(23-18)13-7-8-15-14(11-13)12-25(21(15)28)17-9-10-19(26)24-20(17)27/h4-8,11,17H,9-10,12H2,1-3H3,(H,24,26,27). The lowest BCUT2D eigenvalue weighted by Crippen LogP contribution is -2.52. The van der Waals surface area contributed by atoms with E-state index in [0.29, 0.717) is 18.5 Å². The molecule has 0 bridgehead atoms. The molecule has 1 saturated heterocycles. The Balaban J connectivity index is 1.63. The average molecular weight is 377 g/mol. The van der Waals surface area contributed by atoms with Crippen molar-refractivity contribution >= 4 is 17.7 Å². The van der Waals surface area contributed by atoms with Gasteiger partial charge in [0.05, 0.1) is 5.69 Å². The van der Waals surface area contributed by atoms with Gasteiger partial charge in [-0.15, -0.1) is 0 Å². The van der Waals surface area contributed by atoms with Crippen LogP contribution in [-0.2, 0) is 21.5 Å². The largest absolute Gasteiger partial charge is 0.322 e. The van der Waals surface area contributed by atoms with E-state index in [-0.39, 0.29) is 23.7 Å². The van der Waals surface area contributed by atoms with Gasteiger partial charge in [-0.1, -0.05) is 32.9 Å². The molecule has 6 heteroatoms. The maximum atomic E-state index is 12.8. The molecule has 144 valence electrons. The highest BCUT2D eigenvalue weighted by Gasteiger charge is 2.39. The lowest BCUT2D eigenvalue weighted by Gasteiger charge is -2.29. The van der Waals surface area contributed by atoms with Gasteiger partial charge in [0, 0.05) is 35.2 Å². The Morgan fingerprint density at radius 2 is 1.89 bits per heavy atom. The highest BCUT2D eigenvalue weighted by Crippen LogP contribution is 2.31. The van der Waals surface area contributed by atoms with Gasteiger partial charge in [0.15, 0.2) is 0 Å². The van der Waals surface area contributed by atoms with Crippen molar-refractivity contribution in [2.24, 2.45) is 0 Å². The molecule has 2 aromatic rings. The van der Waals surface area contributed by atoms with E-state index >= 15 is 0 Å². The number of benzene rings is 1. The van der Waals surface area contributed by atoms with Crippen molar-refractivity contribution in [3.8, 4) is 11.3 Å². The van der Waals surface area contributed by atoms with Crippen molar-refractivity contribution in [2.45, 2.75) is 51.6 Å². The van der Waals surface area contributed by atoms with Crippen LogP contribution in [0.25, 0.3) is 11.3 Å². The molecule has 1 aromatic carbocycles. The third-order valence-electron chi connectivity index (χ3n) is 5.34. The quantitative estimate of drug-likeness (QED) is 0.816. The summed E-state index contributed by atoms with van der Waals surface area (Å²) in [5.41, 5.74) is 4.26. The number of nitrogens with one attached hydrogen (secondary N) is 1. The number of amides is 3. The maximum Gasteiger partial charge on any atom is 0.255 e. The van der Waals surface area contributed by atoms with Gasteiger partial charge in [-0.05, 0) is 36.2 Å². The first-order valence-electron chi connectivity index (χ1n) is 9.49. The van der Waals surface area contributed by atoms with E-state index in [4.69, 9.17) is 4.98 Å². The van der Waals surface area contributed by atoms with Gasteiger partial charge in [-0.3, -0.25) is 24.7 Å². The zero-order valence-corrected chi connectivity index (χ0v) is 16.3. The van der Waals surface area contributed by atoms with Crippen molar-refractivity contribution in [3.63, 3.8) is 0 Å². The van der Waals surface area contributed by atoms with Crippen molar-refractivity contribution in [1.82, 2.24) is 15.2 Å². The molecule has 4 rings (SSSR count). The van der Waals surface area contributed by atoms with Gasteiger partial charge in [0.1, 0.15) is 6.04 Å². The highest BCUT2D eigenvalue weighted by molar-refractivity contribution is 6.05. The summed E-state index contributed by atoms with van der Waals surface area (Å²) in [6.07, 6.45) is 0.623. The lowest BCUT2D eigenvalue weighted by atomic mass is 9.91. The average Bonchev–Trinajstić information content (AvgIpc) is 2.97. The van der Waals surface area contributed by atoms with Gasteiger partial charge in [-0.25, -0.2) is 0 Å². The molecule has 2 aliphatic rings. The smallest absolute Gasteiger partial charge is 0.255 e. The summed E-state index contributed by atoms with van der Waals surface area (Å²) in [6, 6.07) is 11.1. The van der Waals surface area contributed by atoms with Crippen LogP contribution in [-0.4, -0.2) is 33.6 Å². The van der Waals surface area contributed by atoms with Crippen LogP contribution in [0, 0.1) is 0 Å². The number of hydrogen-bond donors (Lipinski definition) is 1. The van der Waals surface area contributed by atoms with Crippen LogP contribution < -0.4 is 5.32 Å². The van der Waals surface area contributed by atoms with Crippen molar-refractivity contribution in [3.05, 3.63) is 53.2 Å². The normalized spacial score (nSPS) is 19.6. The van der Waals surface area contributed by atoms with E-state index < -0.39 is 11.9 Å². The van der Waals surface area contributed by atoms with Crippen LogP contribution in [0.1, 0.15) is 55.2 Å². The molecule has 3 heterocycles. The van der Waals surface area contributed by atoms with E-state index in [1.807, 2.05) is 36.4 Å². The second-order valence-corrected chi connectivity index (χ2v) is 8.43. The molecule has 0 radical (unpaired) electrons. The molecule has 1 unspecified atom stereocenters. The van der Waals surface area contributed by atoms with E-state index in [0.717, 1.165) is 22.5 Å². The monoisotopic (exact) mass is 377 g/mol. The van der Waals surface area contributed by atoms with Crippen LogP contribution >= 0.6 is 0 Å². The number of pyridine rings is 1. The van der Waals surface area contributed by atoms with E-state index in [1.54, 1.807) is 4.90 Å². The maximum absolute atomic E-state index is 12.8. The number of carbonyl (C=O) groups excluding carboxylic acids is 3. The topological polar surface area (TPSA) is 79.4 Å². The van der Waals surface area contributed by atoms with Crippen molar-refractivity contribution in [2.75, 3.05) is 0 Å². The van der Waals surface area contributed by atoms with Gasteiger partial charge in [0.2, 0.25) is 11.8 Å². The van der Waals surface area contributed by atoms with Gasteiger partial charge in [-0.2, -0.15) is 0 Å². The molecule has 6 nitrogen and oxygen atoms in total.